The van der Waals surface area contributed by atoms with E-state index in [2.05, 4.69) is 48.0 Å². The lowest BCUT2D eigenvalue weighted by Crippen LogP contribution is -2.49. The number of benzene rings is 1. The monoisotopic (exact) mass is 269 g/mol. The Bertz CT molecular complexity index is 595. The fourth-order valence-electron chi connectivity index (χ4n) is 3.28. The fourth-order valence-corrected chi connectivity index (χ4v) is 3.28. The van der Waals surface area contributed by atoms with Gasteiger partial charge < -0.3 is 5.73 Å². The Labute approximate surface area is 120 Å². The van der Waals surface area contributed by atoms with Gasteiger partial charge in [0.1, 0.15) is 0 Å². The van der Waals surface area contributed by atoms with Crippen LogP contribution < -0.4 is 5.73 Å². The third-order valence-corrected chi connectivity index (χ3v) is 4.73. The fraction of sp³-hybridized carbons (Fsp3) is 0.471. The normalized spacial score (nSPS) is 18.6. The van der Waals surface area contributed by atoms with Gasteiger partial charge in [0.15, 0.2) is 0 Å². The molecule has 0 spiro atoms. The van der Waals surface area contributed by atoms with Crippen molar-refractivity contribution in [3.8, 4) is 0 Å². The Morgan fingerprint density at radius 1 is 1.20 bits per heavy atom. The van der Waals surface area contributed by atoms with Crippen molar-refractivity contribution in [2.75, 3.05) is 13.1 Å². The van der Waals surface area contributed by atoms with Gasteiger partial charge in [0.25, 0.3) is 0 Å². The highest BCUT2D eigenvalue weighted by Crippen LogP contribution is 2.34. The topological polar surface area (TPSA) is 42.1 Å². The number of nitrogens with zero attached hydrogens (tertiary/aromatic N) is 2. The minimum Gasteiger partial charge on any atom is -0.322 e. The van der Waals surface area contributed by atoms with Crippen LogP contribution in [-0.4, -0.2) is 28.5 Å². The molecule has 3 rings (SSSR count). The average Bonchev–Trinajstić information content (AvgIpc) is 3.01. The molecule has 0 radical (unpaired) electrons. The summed E-state index contributed by atoms with van der Waals surface area (Å²) in [5.41, 5.74) is 7.82. The van der Waals surface area contributed by atoms with E-state index in [4.69, 9.17) is 5.73 Å². The van der Waals surface area contributed by atoms with Crippen LogP contribution in [0.15, 0.2) is 36.7 Å². The van der Waals surface area contributed by atoms with Gasteiger partial charge >= 0.3 is 0 Å². The summed E-state index contributed by atoms with van der Waals surface area (Å²) in [6.07, 6.45) is 6.34. The van der Waals surface area contributed by atoms with Crippen LogP contribution in [0.1, 0.15) is 38.3 Å². The lowest BCUT2D eigenvalue weighted by atomic mass is 9.86. The van der Waals surface area contributed by atoms with Crippen molar-refractivity contribution in [1.29, 1.82) is 0 Å². The number of likely N-dealkylation sites (tertiary alicyclic amines) is 1. The van der Waals surface area contributed by atoms with Crippen LogP contribution in [0.5, 0.6) is 0 Å². The molecule has 3 heteroatoms. The zero-order valence-electron chi connectivity index (χ0n) is 12.3. The molecule has 1 aliphatic rings. The Balaban J connectivity index is 2.01. The molecule has 3 nitrogen and oxygen atoms in total. The van der Waals surface area contributed by atoms with E-state index in [1.807, 2.05) is 12.4 Å². The largest absolute Gasteiger partial charge is 0.322 e. The molecule has 20 heavy (non-hydrogen) atoms. The lowest BCUT2D eigenvalue weighted by molar-refractivity contribution is 0.124. The highest BCUT2D eigenvalue weighted by atomic mass is 15.2. The van der Waals surface area contributed by atoms with Crippen molar-refractivity contribution >= 4 is 10.8 Å². The van der Waals surface area contributed by atoms with Crippen molar-refractivity contribution in [2.45, 2.75) is 38.3 Å². The third kappa shape index (κ3) is 2.21. The van der Waals surface area contributed by atoms with E-state index < -0.39 is 0 Å². The molecular formula is C17H23N3. The van der Waals surface area contributed by atoms with Crippen molar-refractivity contribution in [1.82, 2.24) is 9.88 Å². The van der Waals surface area contributed by atoms with Gasteiger partial charge in [-0.3, -0.25) is 9.88 Å². The zero-order valence-corrected chi connectivity index (χ0v) is 12.3. The summed E-state index contributed by atoms with van der Waals surface area (Å²) >= 11 is 0. The van der Waals surface area contributed by atoms with Gasteiger partial charge in [-0.05, 0) is 56.8 Å². The Hall–Kier alpha value is -1.45. The summed E-state index contributed by atoms with van der Waals surface area (Å²) in [6.45, 7) is 6.84. The van der Waals surface area contributed by atoms with Crippen LogP contribution in [0.4, 0.5) is 0 Å². The molecule has 1 unspecified atom stereocenters. The quantitative estimate of drug-likeness (QED) is 0.931. The summed E-state index contributed by atoms with van der Waals surface area (Å²) < 4.78 is 0. The molecule has 0 aliphatic carbocycles. The number of hydrogen-bond acceptors (Lipinski definition) is 3. The first-order valence-electron chi connectivity index (χ1n) is 7.44. The van der Waals surface area contributed by atoms with Gasteiger partial charge in [-0.2, -0.15) is 0 Å². The molecule has 1 saturated heterocycles. The second kappa shape index (κ2) is 5.15. The second-order valence-electron chi connectivity index (χ2n) is 6.27. The molecule has 2 aromatic rings. The molecule has 2 heterocycles. The summed E-state index contributed by atoms with van der Waals surface area (Å²) in [4.78, 5) is 6.79. The SMILES string of the molecule is CC(C)(C(N)c1cccc2ccncc12)N1CCCC1. The van der Waals surface area contributed by atoms with E-state index in [1.165, 1.54) is 29.2 Å². The van der Waals surface area contributed by atoms with Crippen LogP contribution in [0.3, 0.4) is 0 Å². The van der Waals surface area contributed by atoms with Gasteiger partial charge in [0, 0.05) is 29.4 Å². The van der Waals surface area contributed by atoms with E-state index in [-0.39, 0.29) is 11.6 Å². The van der Waals surface area contributed by atoms with Gasteiger partial charge in [-0.25, -0.2) is 0 Å². The van der Waals surface area contributed by atoms with Crippen molar-refractivity contribution in [3.05, 3.63) is 42.2 Å². The smallest absolute Gasteiger partial charge is 0.0483 e. The van der Waals surface area contributed by atoms with Crippen LogP contribution >= 0.6 is 0 Å². The Morgan fingerprint density at radius 3 is 2.70 bits per heavy atom. The second-order valence-corrected chi connectivity index (χ2v) is 6.27. The molecule has 0 amide bonds. The maximum atomic E-state index is 6.65. The molecule has 106 valence electrons. The van der Waals surface area contributed by atoms with E-state index in [9.17, 15) is 0 Å². The third-order valence-electron chi connectivity index (χ3n) is 4.73. The van der Waals surface area contributed by atoms with E-state index >= 15 is 0 Å². The summed E-state index contributed by atoms with van der Waals surface area (Å²) in [5, 5.41) is 2.39. The predicted octanol–water partition coefficient (Wildman–Crippen LogP) is 3.11. The lowest BCUT2D eigenvalue weighted by Gasteiger charge is -2.40. The number of fused-ring (bicyclic) bond motifs is 1. The first-order valence-corrected chi connectivity index (χ1v) is 7.44. The van der Waals surface area contributed by atoms with E-state index in [1.54, 1.807) is 0 Å². The Kier molecular flexibility index (Phi) is 3.48. The average molecular weight is 269 g/mol. The molecule has 1 fully saturated rings. The number of hydrogen-bond donors (Lipinski definition) is 1. The van der Waals surface area contributed by atoms with E-state index in [0.29, 0.717) is 0 Å². The Morgan fingerprint density at radius 2 is 1.95 bits per heavy atom. The van der Waals surface area contributed by atoms with Crippen LogP contribution in [0, 0.1) is 0 Å². The molecule has 1 aromatic carbocycles. The molecular weight excluding hydrogens is 246 g/mol. The highest BCUT2D eigenvalue weighted by molar-refractivity contribution is 5.85. The van der Waals surface area contributed by atoms with Gasteiger partial charge in [-0.15, -0.1) is 0 Å². The number of rotatable bonds is 3. The standard InChI is InChI=1S/C17H23N3/c1-17(2,20-10-3-4-11-20)16(18)14-7-5-6-13-8-9-19-12-15(13)14/h5-9,12,16H,3-4,10-11,18H2,1-2H3. The molecule has 1 aromatic heterocycles. The number of aromatic nitrogens is 1. The minimum atomic E-state index is -0.0272. The molecule has 2 N–H and O–H groups in total. The van der Waals surface area contributed by atoms with E-state index in [0.717, 1.165) is 13.1 Å². The van der Waals surface area contributed by atoms with Crippen LogP contribution in [-0.2, 0) is 0 Å². The van der Waals surface area contributed by atoms with Gasteiger partial charge in [-0.1, -0.05) is 18.2 Å². The molecule has 1 atom stereocenters. The number of nitrogens with two attached hydrogens (primary N) is 1. The summed E-state index contributed by atoms with van der Waals surface area (Å²) in [6, 6.07) is 8.41. The molecule has 1 aliphatic heterocycles. The van der Waals surface area contributed by atoms with Gasteiger partial charge in [0.05, 0.1) is 0 Å². The summed E-state index contributed by atoms with van der Waals surface area (Å²) in [7, 11) is 0. The minimum absolute atomic E-state index is 0.00602. The summed E-state index contributed by atoms with van der Waals surface area (Å²) in [5.74, 6) is 0. The molecule has 0 bridgehead atoms. The van der Waals surface area contributed by atoms with Crippen molar-refractivity contribution in [3.63, 3.8) is 0 Å². The molecule has 0 saturated carbocycles. The van der Waals surface area contributed by atoms with Crippen molar-refractivity contribution in [2.24, 2.45) is 5.73 Å². The zero-order chi connectivity index (χ0) is 14.2. The highest BCUT2D eigenvalue weighted by Gasteiger charge is 2.36. The van der Waals surface area contributed by atoms with Gasteiger partial charge in [0.2, 0.25) is 0 Å². The van der Waals surface area contributed by atoms with Crippen LogP contribution in [0.25, 0.3) is 10.8 Å². The number of pyridine rings is 1. The predicted molar refractivity (Wildman–Crippen MR) is 83.6 cm³/mol. The first-order chi connectivity index (χ1) is 9.60. The maximum Gasteiger partial charge on any atom is 0.0483 e. The first kappa shape index (κ1) is 13.5. The van der Waals surface area contributed by atoms with Crippen molar-refractivity contribution < 1.29 is 0 Å². The maximum absolute atomic E-state index is 6.65. The van der Waals surface area contributed by atoms with Crippen LogP contribution in [0.2, 0.25) is 0 Å².